The molecule has 0 amide bonds. The lowest BCUT2D eigenvalue weighted by molar-refractivity contribution is -0.140. The van der Waals surface area contributed by atoms with Crippen LogP contribution < -0.4 is 5.32 Å². The number of methoxy groups -OCH3 is 1. The quantitative estimate of drug-likeness (QED) is 0.553. The van der Waals surface area contributed by atoms with E-state index >= 15 is 0 Å². The van der Waals surface area contributed by atoms with Crippen molar-refractivity contribution in [3.8, 4) is 0 Å². The Morgan fingerprint density at radius 3 is 3.06 bits per heavy atom. The van der Waals surface area contributed by atoms with Crippen LogP contribution in [0.25, 0.3) is 0 Å². The molecule has 0 spiro atoms. The highest BCUT2D eigenvalue weighted by molar-refractivity contribution is 5.69. The number of hydrogen-bond donors (Lipinski definition) is 1. The molecule has 1 heterocycles. The molecule has 1 aliphatic rings. The van der Waals surface area contributed by atoms with E-state index in [1.54, 1.807) is 0 Å². The van der Waals surface area contributed by atoms with Crippen LogP contribution in [0.15, 0.2) is 0 Å². The van der Waals surface area contributed by atoms with E-state index in [-0.39, 0.29) is 5.97 Å². The van der Waals surface area contributed by atoms with Gasteiger partial charge in [-0.1, -0.05) is 6.92 Å². The first-order valence-electron chi connectivity index (χ1n) is 6.18. The Bertz CT molecular complexity index is 208. The SMILES string of the molecule is CCC1CC(NCCCC(=O)OC)CCO1. The maximum Gasteiger partial charge on any atom is 0.305 e. The third-order valence-corrected chi connectivity index (χ3v) is 3.04. The Kier molecular flexibility index (Phi) is 6.42. The predicted octanol–water partition coefficient (Wildman–Crippen LogP) is 1.49. The molecule has 1 N–H and O–H groups in total. The van der Waals surface area contributed by atoms with Crippen LogP contribution in [0, 0.1) is 0 Å². The average molecular weight is 229 g/mol. The second-order valence-electron chi connectivity index (χ2n) is 4.26. The van der Waals surface area contributed by atoms with Crippen LogP contribution >= 0.6 is 0 Å². The summed E-state index contributed by atoms with van der Waals surface area (Å²) in [5.41, 5.74) is 0. The maximum atomic E-state index is 10.9. The second-order valence-corrected chi connectivity index (χ2v) is 4.26. The molecule has 4 nitrogen and oxygen atoms in total. The van der Waals surface area contributed by atoms with Crippen molar-refractivity contribution in [3.05, 3.63) is 0 Å². The zero-order valence-corrected chi connectivity index (χ0v) is 10.3. The van der Waals surface area contributed by atoms with Crippen molar-refractivity contribution in [1.82, 2.24) is 5.32 Å². The number of carbonyl (C=O) groups excluding carboxylic acids is 1. The van der Waals surface area contributed by atoms with E-state index in [0.717, 1.165) is 38.8 Å². The van der Waals surface area contributed by atoms with Crippen molar-refractivity contribution >= 4 is 5.97 Å². The molecule has 0 aliphatic carbocycles. The summed E-state index contributed by atoms with van der Waals surface area (Å²) in [6.45, 7) is 3.90. The van der Waals surface area contributed by atoms with E-state index in [1.807, 2.05) is 0 Å². The molecule has 0 bridgehead atoms. The molecular formula is C12H23NO3. The molecular weight excluding hydrogens is 206 g/mol. The number of rotatable bonds is 6. The van der Waals surface area contributed by atoms with Gasteiger partial charge in [0.1, 0.15) is 0 Å². The highest BCUT2D eigenvalue weighted by Gasteiger charge is 2.20. The number of carbonyl (C=O) groups is 1. The van der Waals surface area contributed by atoms with Gasteiger partial charge in [-0.3, -0.25) is 4.79 Å². The fraction of sp³-hybridized carbons (Fsp3) is 0.917. The van der Waals surface area contributed by atoms with Crippen molar-refractivity contribution in [2.75, 3.05) is 20.3 Å². The number of hydrogen-bond acceptors (Lipinski definition) is 4. The molecule has 0 radical (unpaired) electrons. The van der Waals surface area contributed by atoms with Crippen LogP contribution in [0.1, 0.15) is 39.0 Å². The summed E-state index contributed by atoms with van der Waals surface area (Å²) in [4.78, 5) is 10.9. The van der Waals surface area contributed by atoms with Gasteiger partial charge in [-0.15, -0.1) is 0 Å². The van der Waals surface area contributed by atoms with E-state index in [1.165, 1.54) is 7.11 Å². The molecule has 1 rings (SSSR count). The number of ether oxygens (including phenoxy) is 2. The summed E-state index contributed by atoms with van der Waals surface area (Å²) in [6.07, 6.45) is 5.01. The topological polar surface area (TPSA) is 47.6 Å². The van der Waals surface area contributed by atoms with Crippen LogP contribution in [-0.2, 0) is 14.3 Å². The minimum absolute atomic E-state index is 0.125. The molecule has 2 unspecified atom stereocenters. The highest BCUT2D eigenvalue weighted by atomic mass is 16.5. The summed E-state index contributed by atoms with van der Waals surface area (Å²) in [7, 11) is 1.43. The molecule has 1 aliphatic heterocycles. The largest absolute Gasteiger partial charge is 0.469 e. The van der Waals surface area contributed by atoms with Gasteiger partial charge in [-0.2, -0.15) is 0 Å². The van der Waals surface area contributed by atoms with Gasteiger partial charge in [0.2, 0.25) is 0 Å². The third-order valence-electron chi connectivity index (χ3n) is 3.04. The summed E-state index contributed by atoms with van der Waals surface area (Å²) in [6, 6.07) is 0.552. The molecule has 4 heteroatoms. The van der Waals surface area contributed by atoms with Gasteiger partial charge in [0, 0.05) is 19.1 Å². The summed E-state index contributed by atoms with van der Waals surface area (Å²) < 4.78 is 10.2. The fourth-order valence-electron chi connectivity index (χ4n) is 1.99. The van der Waals surface area contributed by atoms with Crippen LogP contribution in [0.4, 0.5) is 0 Å². The first kappa shape index (κ1) is 13.5. The van der Waals surface area contributed by atoms with Crippen molar-refractivity contribution in [3.63, 3.8) is 0 Å². The summed E-state index contributed by atoms with van der Waals surface area (Å²) >= 11 is 0. The van der Waals surface area contributed by atoms with Gasteiger partial charge < -0.3 is 14.8 Å². The lowest BCUT2D eigenvalue weighted by atomic mass is 10.0. The second kappa shape index (κ2) is 7.63. The van der Waals surface area contributed by atoms with Gasteiger partial charge in [0.15, 0.2) is 0 Å². The van der Waals surface area contributed by atoms with E-state index in [2.05, 4.69) is 17.0 Å². The maximum absolute atomic E-state index is 10.9. The number of esters is 1. The van der Waals surface area contributed by atoms with E-state index in [9.17, 15) is 4.79 Å². The molecule has 94 valence electrons. The molecule has 0 aromatic heterocycles. The Hall–Kier alpha value is -0.610. The molecule has 0 aromatic rings. The molecule has 0 aromatic carbocycles. The Labute approximate surface area is 97.7 Å². The van der Waals surface area contributed by atoms with Crippen molar-refractivity contribution in [2.45, 2.75) is 51.2 Å². The zero-order chi connectivity index (χ0) is 11.8. The molecule has 1 saturated heterocycles. The van der Waals surface area contributed by atoms with Gasteiger partial charge in [0.25, 0.3) is 0 Å². The zero-order valence-electron chi connectivity index (χ0n) is 10.3. The first-order valence-corrected chi connectivity index (χ1v) is 6.18. The van der Waals surface area contributed by atoms with Crippen LogP contribution in [0.2, 0.25) is 0 Å². The summed E-state index contributed by atoms with van der Waals surface area (Å²) in [5, 5.41) is 3.48. The smallest absolute Gasteiger partial charge is 0.305 e. The normalized spacial score (nSPS) is 25.4. The van der Waals surface area contributed by atoms with Crippen LogP contribution in [0.3, 0.4) is 0 Å². The Morgan fingerprint density at radius 2 is 2.38 bits per heavy atom. The first-order chi connectivity index (χ1) is 7.76. The third kappa shape index (κ3) is 4.94. The van der Waals surface area contributed by atoms with E-state index < -0.39 is 0 Å². The number of nitrogens with one attached hydrogen (secondary N) is 1. The lowest BCUT2D eigenvalue weighted by Gasteiger charge is -2.29. The van der Waals surface area contributed by atoms with E-state index in [0.29, 0.717) is 18.6 Å². The van der Waals surface area contributed by atoms with Crippen molar-refractivity contribution in [2.24, 2.45) is 0 Å². The van der Waals surface area contributed by atoms with Crippen LogP contribution in [-0.4, -0.2) is 38.4 Å². The molecule has 2 atom stereocenters. The predicted molar refractivity (Wildman–Crippen MR) is 62.3 cm³/mol. The van der Waals surface area contributed by atoms with Gasteiger partial charge in [0.05, 0.1) is 13.2 Å². The average Bonchev–Trinajstić information content (AvgIpc) is 2.34. The minimum atomic E-state index is -0.125. The van der Waals surface area contributed by atoms with Gasteiger partial charge >= 0.3 is 5.97 Å². The van der Waals surface area contributed by atoms with Gasteiger partial charge in [-0.25, -0.2) is 0 Å². The van der Waals surface area contributed by atoms with Crippen molar-refractivity contribution in [1.29, 1.82) is 0 Å². The Morgan fingerprint density at radius 1 is 1.56 bits per heavy atom. The molecule has 16 heavy (non-hydrogen) atoms. The Balaban J connectivity index is 2.06. The minimum Gasteiger partial charge on any atom is -0.469 e. The van der Waals surface area contributed by atoms with E-state index in [4.69, 9.17) is 4.74 Å². The standard InChI is InChI=1S/C12H23NO3/c1-3-11-9-10(6-8-16-11)13-7-4-5-12(14)15-2/h10-11,13H,3-9H2,1-2H3. The van der Waals surface area contributed by atoms with Crippen molar-refractivity contribution < 1.29 is 14.3 Å². The fourth-order valence-corrected chi connectivity index (χ4v) is 1.99. The lowest BCUT2D eigenvalue weighted by Crippen LogP contribution is -2.39. The van der Waals surface area contributed by atoms with Crippen LogP contribution in [0.5, 0.6) is 0 Å². The monoisotopic (exact) mass is 229 g/mol. The molecule has 1 fully saturated rings. The summed E-state index contributed by atoms with van der Waals surface area (Å²) in [5.74, 6) is -0.125. The molecule has 0 saturated carbocycles. The van der Waals surface area contributed by atoms with Gasteiger partial charge in [-0.05, 0) is 32.2 Å². The highest BCUT2D eigenvalue weighted by Crippen LogP contribution is 2.16.